The van der Waals surface area contributed by atoms with Crippen molar-refractivity contribution in [3.8, 4) is 11.1 Å². The van der Waals surface area contributed by atoms with Crippen LogP contribution in [0.1, 0.15) is 11.1 Å². The quantitative estimate of drug-likeness (QED) is 0.177. The lowest BCUT2D eigenvalue weighted by molar-refractivity contribution is 1.13. The van der Waals surface area contributed by atoms with Crippen LogP contribution < -0.4 is 9.80 Å². The van der Waals surface area contributed by atoms with E-state index in [0.29, 0.717) is 0 Å². The molecule has 218 valence electrons. The third-order valence-electron chi connectivity index (χ3n) is 8.06. The number of aryl methyl sites for hydroxylation is 1. The van der Waals surface area contributed by atoms with Crippen LogP contribution in [-0.4, -0.2) is 28.2 Å². The predicted octanol–water partition coefficient (Wildman–Crippen LogP) is 11.2. The molecule has 44 heavy (non-hydrogen) atoms. The van der Waals surface area contributed by atoms with Crippen LogP contribution in [0.3, 0.4) is 0 Å². The van der Waals surface area contributed by atoms with Crippen LogP contribution in [0, 0.1) is 13.8 Å². The lowest BCUT2D eigenvalue weighted by Gasteiger charge is -2.15. The Morgan fingerprint density at radius 1 is 0.455 bits per heavy atom. The molecule has 0 heterocycles. The molecule has 0 radical (unpaired) electrons. The highest BCUT2D eigenvalue weighted by Crippen LogP contribution is 2.42. The van der Waals surface area contributed by atoms with E-state index in [1.54, 1.807) is 0 Å². The van der Waals surface area contributed by atoms with Crippen LogP contribution in [0.5, 0.6) is 0 Å². The monoisotopic (exact) mass is 576 g/mol. The lowest BCUT2D eigenvalue weighted by Crippen LogP contribution is -2.07. The second kappa shape index (κ2) is 12.1. The minimum atomic E-state index is 0.816. The zero-order valence-electron chi connectivity index (χ0n) is 26.1. The smallest absolute Gasteiger partial charge is 0.0970 e. The van der Waals surface area contributed by atoms with Gasteiger partial charge in [0.25, 0.3) is 0 Å². The minimum absolute atomic E-state index is 0.816. The summed E-state index contributed by atoms with van der Waals surface area (Å²) >= 11 is 0. The maximum Gasteiger partial charge on any atom is 0.0970 e. The number of hydrogen-bond acceptors (Lipinski definition) is 6. The van der Waals surface area contributed by atoms with Gasteiger partial charge in [0, 0.05) is 50.3 Å². The summed E-state index contributed by atoms with van der Waals surface area (Å²) in [6.07, 6.45) is 0. The van der Waals surface area contributed by atoms with Crippen LogP contribution >= 0.6 is 0 Å². The first kappa shape index (κ1) is 28.7. The molecule has 0 fully saturated rings. The summed E-state index contributed by atoms with van der Waals surface area (Å²) in [7, 11) is 8.12. The molecule has 6 nitrogen and oxygen atoms in total. The maximum atomic E-state index is 4.83. The Morgan fingerprint density at radius 3 is 1.64 bits per heavy atom. The first-order valence-corrected chi connectivity index (χ1v) is 14.7. The molecule has 0 amide bonds. The molecule has 0 N–H and O–H groups in total. The first-order chi connectivity index (χ1) is 21.3. The number of rotatable bonds is 7. The molecule has 0 unspecified atom stereocenters. The van der Waals surface area contributed by atoms with E-state index in [9.17, 15) is 0 Å². The largest absolute Gasteiger partial charge is 0.378 e. The third-order valence-corrected chi connectivity index (χ3v) is 8.06. The zero-order valence-corrected chi connectivity index (χ0v) is 26.1. The van der Waals surface area contributed by atoms with Gasteiger partial charge in [0.2, 0.25) is 0 Å². The van der Waals surface area contributed by atoms with E-state index in [1.807, 2.05) is 52.5 Å². The molecule has 6 aromatic rings. The highest BCUT2D eigenvalue weighted by Gasteiger charge is 2.15. The van der Waals surface area contributed by atoms with Crippen molar-refractivity contribution in [1.29, 1.82) is 0 Å². The van der Waals surface area contributed by atoms with Gasteiger partial charge in [-0.1, -0.05) is 54.6 Å². The molecule has 0 aliphatic carbocycles. The predicted molar refractivity (Wildman–Crippen MR) is 186 cm³/mol. The number of hydrogen-bond donors (Lipinski definition) is 0. The Kier molecular flexibility index (Phi) is 7.90. The standard InChI is InChI=1S/C38H36N6/c1-25-14-23-34-33(12-9-13-35(34)37(25)41-39-28-15-19-30(20-16-28)43(3)4)36-24-27-10-7-8-11-32(27)38(26(36)2)42-40-29-17-21-31(22-18-29)44(5)6/h7-24H,1-6H3. The molecule has 0 saturated heterocycles. The molecule has 0 spiro atoms. The van der Waals surface area contributed by atoms with Gasteiger partial charge < -0.3 is 9.80 Å². The fourth-order valence-corrected chi connectivity index (χ4v) is 5.51. The number of benzene rings is 6. The number of nitrogens with zero attached hydrogens (tertiary/aromatic N) is 6. The molecule has 6 aromatic carbocycles. The minimum Gasteiger partial charge on any atom is -0.378 e. The van der Waals surface area contributed by atoms with E-state index < -0.39 is 0 Å². The average Bonchev–Trinajstić information content (AvgIpc) is 3.03. The van der Waals surface area contributed by atoms with Gasteiger partial charge in [0.1, 0.15) is 0 Å². The summed E-state index contributed by atoms with van der Waals surface area (Å²) in [5.74, 6) is 0. The van der Waals surface area contributed by atoms with E-state index in [-0.39, 0.29) is 0 Å². The number of anilines is 2. The summed E-state index contributed by atoms with van der Waals surface area (Å²) in [6, 6.07) is 37.6. The van der Waals surface area contributed by atoms with Crippen molar-refractivity contribution in [2.75, 3.05) is 38.0 Å². The summed E-state index contributed by atoms with van der Waals surface area (Å²) in [4.78, 5) is 4.14. The van der Waals surface area contributed by atoms with Gasteiger partial charge in [0.15, 0.2) is 0 Å². The van der Waals surface area contributed by atoms with E-state index in [0.717, 1.165) is 77.9 Å². The molecular formula is C38H36N6. The Morgan fingerprint density at radius 2 is 1.02 bits per heavy atom. The van der Waals surface area contributed by atoms with Gasteiger partial charge in [-0.2, -0.15) is 10.2 Å². The Labute approximate surface area is 259 Å². The first-order valence-electron chi connectivity index (χ1n) is 14.7. The summed E-state index contributed by atoms with van der Waals surface area (Å²) < 4.78 is 0. The van der Waals surface area contributed by atoms with Crippen LogP contribution in [0.4, 0.5) is 34.1 Å². The van der Waals surface area contributed by atoms with Crippen molar-refractivity contribution in [2.45, 2.75) is 13.8 Å². The molecule has 0 bridgehead atoms. The van der Waals surface area contributed by atoms with Crippen molar-refractivity contribution in [3.63, 3.8) is 0 Å². The van der Waals surface area contributed by atoms with Gasteiger partial charge in [0.05, 0.1) is 22.7 Å². The van der Waals surface area contributed by atoms with Crippen LogP contribution in [0.2, 0.25) is 0 Å². The van der Waals surface area contributed by atoms with Crippen molar-refractivity contribution in [2.24, 2.45) is 20.5 Å². The Hall–Kier alpha value is -5.36. The summed E-state index contributed by atoms with van der Waals surface area (Å²) in [6.45, 7) is 4.22. The second-order valence-electron chi connectivity index (χ2n) is 11.5. The molecule has 6 heteroatoms. The third kappa shape index (κ3) is 5.66. The summed E-state index contributed by atoms with van der Waals surface area (Å²) in [5.41, 5.74) is 10.0. The molecule has 0 saturated carbocycles. The van der Waals surface area contributed by atoms with Gasteiger partial charge in [-0.25, -0.2) is 0 Å². The van der Waals surface area contributed by atoms with Gasteiger partial charge >= 0.3 is 0 Å². The second-order valence-corrected chi connectivity index (χ2v) is 11.5. The van der Waals surface area contributed by atoms with E-state index >= 15 is 0 Å². The molecular weight excluding hydrogens is 540 g/mol. The Balaban J connectivity index is 1.45. The zero-order chi connectivity index (χ0) is 30.8. The van der Waals surface area contributed by atoms with Gasteiger partial charge in [-0.05, 0) is 101 Å². The van der Waals surface area contributed by atoms with E-state index in [4.69, 9.17) is 10.2 Å². The highest BCUT2D eigenvalue weighted by atomic mass is 15.1. The normalized spacial score (nSPS) is 11.7. The van der Waals surface area contributed by atoms with Crippen LogP contribution in [0.25, 0.3) is 32.7 Å². The highest BCUT2D eigenvalue weighted by molar-refractivity contribution is 6.07. The molecule has 0 aliphatic rings. The topological polar surface area (TPSA) is 55.9 Å². The van der Waals surface area contributed by atoms with Crippen molar-refractivity contribution in [1.82, 2.24) is 0 Å². The van der Waals surface area contributed by atoms with Crippen molar-refractivity contribution >= 4 is 55.7 Å². The van der Waals surface area contributed by atoms with Gasteiger partial charge in [-0.15, -0.1) is 10.2 Å². The number of azo groups is 2. The van der Waals surface area contributed by atoms with Crippen LogP contribution in [0.15, 0.2) is 130 Å². The molecule has 6 rings (SSSR count). The average molecular weight is 577 g/mol. The molecule has 0 atom stereocenters. The summed E-state index contributed by atoms with van der Waals surface area (Å²) in [5, 5.41) is 23.2. The van der Waals surface area contributed by atoms with Crippen LogP contribution in [-0.2, 0) is 0 Å². The van der Waals surface area contributed by atoms with Gasteiger partial charge in [-0.3, -0.25) is 0 Å². The SMILES string of the molecule is Cc1ccc2c(-c3cc4ccccc4c(N=Nc4ccc(N(C)C)cc4)c3C)cccc2c1N=Nc1ccc(N(C)C)cc1. The fourth-order valence-electron chi connectivity index (χ4n) is 5.51. The maximum absolute atomic E-state index is 4.83. The van der Waals surface area contributed by atoms with E-state index in [2.05, 4.69) is 119 Å². The lowest BCUT2D eigenvalue weighted by atomic mass is 9.90. The van der Waals surface area contributed by atoms with Crippen molar-refractivity contribution < 1.29 is 0 Å². The Bertz CT molecular complexity index is 2020. The van der Waals surface area contributed by atoms with Crippen molar-refractivity contribution in [3.05, 3.63) is 120 Å². The molecule has 0 aliphatic heterocycles. The molecule has 0 aromatic heterocycles. The van der Waals surface area contributed by atoms with E-state index in [1.165, 1.54) is 0 Å². The fraction of sp³-hybridized carbons (Fsp3) is 0.158. The number of fused-ring (bicyclic) bond motifs is 2.